The van der Waals surface area contributed by atoms with E-state index in [4.69, 9.17) is 0 Å². The van der Waals surface area contributed by atoms with Crippen molar-refractivity contribution < 1.29 is 21.6 Å². The summed E-state index contributed by atoms with van der Waals surface area (Å²) < 4.78 is 62.2. The molecule has 0 unspecified atom stereocenters. The van der Waals surface area contributed by atoms with Crippen molar-refractivity contribution in [2.24, 2.45) is 0 Å². The van der Waals surface area contributed by atoms with Crippen LogP contribution in [0.25, 0.3) is 5.70 Å². The van der Waals surface area contributed by atoms with E-state index in [1.54, 1.807) is 17.0 Å². The Morgan fingerprint density at radius 3 is 2.40 bits per heavy atom. The zero-order chi connectivity index (χ0) is 18.2. The zero-order valence-corrected chi connectivity index (χ0v) is 13.9. The molecular weight excluding hydrogens is 355 g/mol. The first-order chi connectivity index (χ1) is 11.7. The van der Waals surface area contributed by atoms with Gasteiger partial charge in [0, 0.05) is 30.9 Å². The van der Waals surface area contributed by atoms with Crippen LogP contribution in [0.4, 0.5) is 18.9 Å². The molecule has 0 radical (unpaired) electrons. The average Bonchev–Trinajstić information content (AvgIpc) is 3.07. The summed E-state index contributed by atoms with van der Waals surface area (Å²) in [6, 6.07) is 5.96. The normalized spacial score (nSPS) is 15.8. The van der Waals surface area contributed by atoms with Gasteiger partial charge in [0.05, 0.1) is 16.2 Å². The van der Waals surface area contributed by atoms with Gasteiger partial charge in [-0.15, -0.1) is 0 Å². The number of halogens is 3. The van der Waals surface area contributed by atoms with Crippen LogP contribution in [0, 0.1) is 0 Å². The van der Waals surface area contributed by atoms with Crippen LogP contribution in [-0.2, 0) is 9.84 Å². The molecule has 1 aromatic heterocycles. The molecule has 132 valence electrons. The second-order valence-corrected chi connectivity index (χ2v) is 7.52. The molecular formula is C16H14F3N3O2S. The van der Waals surface area contributed by atoms with Gasteiger partial charge < -0.3 is 9.88 Å². The summed E-state index contributed by atoms with van der Waals surface area (Å²) in [6.07, 6.45) is 1.71. The summed E-state index contributed by atoms with van der Waals surface area (Å²) >= 11 is 0. The Balaban J connectivity index is 2.01. The van der Waals surface area contributed by atoms with Crippen molar-refractivity contribution in [2.75, 3.05) is 17.7 Å². The number of nitrogens with zero attached hydrogens (tertiary/aromatic N) is 2. The number of anilines is 1. The number of benzene rings is 1. The third kappa shape index (κ3) is 3.60. The van der Waals surface area contributed by atoms with E-state index in [-0.39, 0.29) is 17.1 Å². The van der Waals surface area contributed by atoms with Crippen molar-refractivity contribution in [3.8, 4) is 0 Å². The van der Waals surface area contributed by atoms with Gasteiger partial charge in [-0.25, -0.2) is 13.4 Å². The topological polar surface area (TPSA) is 66.1 Å². The van der Waals surface area contributed by atoms with Gasteiger partial charge >= 0.3 is 6.18 Å². The number of allylic oxidation sites excluding steroid dienone is 2. The molecule has 0 aliphatic carbocycles. The molecule has 0 amide bonds. The number of aromatic nitrogens is 2. The lowest BCUT2D eigenvalue weighted by molar-refractivity contribution is -0.0884. The van der Waals surface area contributed by atoms with E-state index < -0.39 is 21.6 Å². The first-order valence-corrected chi connectivity index (χ1v) is 9.12. The Labute approximate surface area is 142 Å². The number of imidazole rings is 1. The minimum absolute atomic E-state index is 0.0143. The van der Waals surface area contributed by atoms with Crippen LogP contribution in [-0.4, -0.2) is 37.4 Å². The number of alkyl halides is 3. The van der Waals surface area contributed by atoms with Crippen LogP contribution in [0.3, 0.4) is 0 Å². The molecule has 1 aliphatic rings. The fourth-order valence-corrected chi connectivity index (χ4v) is 3.12. The fraction of sp³-hybridized carbons (Fsp3) is 0.188. The zero-order valence-electron chi connectivity index (χ0n) is 13.1. The molecule has 0 saturated carbocycles. The Bertz CT molecular complexity index is 928. The molecule has 2 aromatic rings. The smallest absolute Gasteiger partial charge is 0.343 e. The third-order valence-electron chi connectivity index (χ3n) is 3.72. The van der Waals surface area contributed by atoms with E-state index in [9.17, 15) is 21.6 Å². The van der Waals surface area contributed by atoms with Crippen molar-refractivity contribution in [3.05, 3.63) is 60.2 Å². The molecule has 0 fully saturated rings. The van der Waals surface area contributed by atoms with Gasteiger partial charge in [0.15, 0.2) is 15.7 Å². The third-order valence-corrected chi connectivity index (χ3v) is 4.85. The number of nitrogens with one attached hydrogen (secondary N) is 1. The van der Waals surface area contributed by atoms with E-state index in [0.717, 1.165) is 18.4 Å². The highest BCUT2D eigenvalue weighted by molar-refractivity contribution is 7.90. The maximum absolute atomic E-state index is 13.0. The maximum atomic E-state index is 13.0. The van der Waals surface area contributed by atoms with E-state index in [1.165, 1.54) is 24.5 Å². The summed E-state index contributed by atoms with van der Waals surface area (Å²) in [7, 11) is -3.35. The van der Waals surface area contributed by atoms with Gasteiger partial charge in [0.2, 0.25) is 0 Å². The maximum Gasteiger partial charge on any atom is 0.416 e. The monoisotopic (exact) mass is 369 g/mol. The molecule has 5 nitrogen and oxygen atoms in total. The van der Waals surface area contributed by atoms with E-state index in [1.807, 2.05) is 0 Å². The van der Waals surface area contributed by atoms with E-state index in [2.05, 4.69) is 9.97 Å². The molecule has 9 heteroatoms. The highest BCUT2D eigenvalue weighted by Crippen LogP contribution is 2.35. The summed E-state index contributed by atoms with van der Waals surface area (Å²) in [5.74, 6) is 0.294. The van der Waals surface area contributed by atoms with Crippen molar-refractivity contribution >= 4 is 21.2 Å². The molecule has 0 bridgehead atoms. The van der Waals surface area contributed by atoms with Crippen LogP contribution in [0.5, 0.6) is 0 Å². The second kappa shape index (κ2) is 6.07. The highest BCUT2D eigenvalue weighted by atomic mass is 32.2. The lowest BCUT2D eigenvalue weighted by atomic mass is 10.1. The predicted molar refractivity (Wildman–Crippen MR) is 87.6 cm³/mol. The number of rotatable bonds is 3. The number of hydrogen-bond donors (Lipinski definition) is 1. The van der Waals surface area contributed by atoms with E-state index in [0.29, 0.717) is 11.5 Å². The van der Waals surface area contributed by atoms with Gasteiger partial charge in [-0.1, -0.05) is 6.08 Å². The molecule has 1 N–H and O–H groups in total. The molecule has 0 spiro atoms. The number of sulfone groups is 1. The van der Waals surface area contributed by atoms with Gasteiger partial charge in [-0.3, -0.25) is 0 Å². The van der Waals surface area contributed by atoms with Crippen molar-refractivity contribution in [2.45, 2.75) is 11.1 Å². The summed E-state index contributed by atoms with van der Waals surface area (Å²) in [4.78, 5) is 8.60. The molecule has 0 saturated heterocycles. The van der Waals surface area contributed by atoms with Crippen molar-refractivity contribution in [3.63, 3.8) is 0 Å². The Kier molecular flexibility index (Phi) is 4.19. The molecule has 25 heavy (non-hydrogen) atoms. The average molecular weight is 369 g/mol. The Morgan fingerprint density at radius 1 is 1.20 bits per heavy atom. The number of aromatic amines is 1. The van der Waals surface area contributed by atoms with Gasteiger partial charge in [0.25, 0.3) is 0 Å². The number of hydrogen-bond acceptors (Lipinski definition) is 4. The summed E-state index contributed by atoms with van der Waals surface area (Å²) in [5.41, 5.74) is 0.0716. The van der Waals surface area contributed by atoms with Gasteiger partial charge in [-0.05, 0) is 30.3 Å². The lowest BCUT2D eigenvalue weighted by Crippen LogP contribution is -2.28. The van der Waals surface area contributed by atoms with Crippen LogP contribution in [0.2, 0.25) is 0 Å². The summed E-state index contributed by atoms with van der Waals surface area (Å²) in [5, 5.41) is 0. The van der Waals surface area contributed by atoms with Crippen LogP contribution >= 0.6 is 0 Å². The fourth-order valence-electron chi connectivity index (χ4n) is 2.49. The minimum Gasteiger partial charge on any atom is -0.343 e. The van der Waals surface area contributed by atoms with Crippen molar-refractivity contribution in [1.29, 1.82) is 0 Å². The van der Waals surface area contributed by atoms with Crippen molar-refractivity contribution in [1.82, 2.24) is 9.97 Å². The van der Waals surface area contributed by atoms with Crippen LogP contribution < -0.4 is 4.90 Å². The highest BCUT2D eigenvalue weighted by Gasteiger charge is 2.35. The quantitative estimate of drug-likeness (QED) is 0.903. The predicted octanol–water partition coefficient (Wildman–Crippen LogP) is 3.16. The largest absolute Gasteiger partial charge is 0.416 e. The Hall–Kier alpha value is -2.55. The van der Waals surface area contributed by atoms with E-state index >= 15 is 0 Å². The first-order valence-electron chi connectivity index (χ1n) is 7.23. The minimum atomic E-state index is -4.45. The lowest BCUT2D eigenvalue weighted by Gasteiger charge is -2.29. The molecule has 0 atom stereocenters. The summed E-state index contributed by atoms with van der Waals surface area (Å²) in [6.45, 7) is -0.0143. The second-order valence-electron chi connectivity index (χ2n) is 5.50. The molecule has 1 aromatic carbocycles. The Morgan fingerprint density at radius 2 is 1.88 bits per heavy atom. The SMILES string of the molecule is CS(=O)(=O)c1ccc(N2CC=C(C(F)(F)F)C=C2c2ncc[nH]2)cc1. The molecule has 1 aliphatic heterocycles. The van der Waals surface area contributed by atoms with Crippen LogP contribution in [0.15, 0.2) is 59.3 Å². The first kappa shape index (κ1) is 17.3. The van der Waals surface area contributed by atoms with Gasteiger partial charge in [0.1, 0.15) is 0 Å². The standard InChI is InChI=1S/C16H14F3N3O2S/c1-25(23,24)13-4-2-12(3-5-13)22-9-6-11(16(17,18)19)10-14(22)15-20-7-8-21-15/h2-8,10H,9H2,1H3,(H,20,21). The molecule has 3 rings (SSSR count). The van der Waals surface area contributed by atoms with Gasteiger partial charge in [-0.2, -0.15) is 13.2 Å². The molecule has 2 heterocycles. The number of H-pyrrole nitrogens is 1. The van der Waals surface area contributed by atoms with Crippen LogP contribution in [0.1, 0.15) is 5.82 Å².